The summed E-state index contributed by atoms with van der Waals surface area (Å²) >= 11 is 0. The average molecular weight is 251 g/mol. The Kier molecular flexibility index (Phi) is 3.14. The molecule has 2 aromatic rings. The van der Waals surface area contributed by atoms with Crippen molar-refractivity contribution in [1.29, 1.82) is 0 Å². The number of aromatic carboxylic acids is 1. The first-order valence-electron chi connectivity index (χ1n) is 5.32. The molecule has 18 heavy (non-hydrogen) atoms. The van der Waals surface area contributed by atoms with Crippen LogP contribution in [0.2, 0.25) is 0 Å². The molecule has 94 valence electrons. The summed E-state index contributed by atoms with van der Waals surface area (Å²) in [7, 11) is 0. The van der Waals surface area contributed by atoms with E-state index in [1.165, 1.54) is 42.6 Å². The number of nitrogens with zero attached hydrogens (tertiary/aromatic N) is 1. The second kappa shape index (κ2) is 4.60. The molecule has 1 aromatic carbocycles. The van der Waals surface area contributed by atoms with E-state index in [4.69, 9.17) is 5.11 Å². The number of carboxylic acids is 1. The summed E-state index contributed by atoms with van der Waals surface area (Å²) < 4.78 is 28.9. The standard InChI is InChI=1S/C13H11F2NO2/c14-13(15,10-5-2-1-3-6-10)9-16-8-4-7-11(16)12(17)18/h1-8H,9H2,(H,17,18). The highest BCUT2D eigenvalue weighted by atomic mass is 19.3. The second-order valence-electron chi connectivity index (χ2n) is 3.90. The molecular weight excluding hydrogens is 240 g/mol. The fourth-order valence-corrected chi connectivity index (χ4v) is 1.73. The number of hydrogen-bond acceptors (Lipinski definition) is 1. The van der Waals surface area contributed by atoms with E-state index >= 15 is 0 Å². The van der Waals surface area contributed by atoms with Crippen LogP contribution in [0.1, 0.15) is 16.1 Å². The number of hydrogen-bond donors (Lipinski definition) is 1. The first kappa shape index (κ1) is 12.3. The maximum absolute atomic E-state index is 13.9. The molecule has 0 aliphatic carbocycles. The van der Waals surface area contributed by atoms with Gasteiger partial charge in [-0.3, -0.25) is 0 Å². The number of benzene rings is 1. The van der Waals surface area contributed by atoms with Crippen LogP contribution in [0.4, 0.5) is 8.78 Å². The van der Waals surface area contributed by atoms with E-state index in [0.717, 1.165) is 4.57 Å². The quantitative estimate of drug-likeness (QED) is 0.907. The van der Waals surface area contributed by atoms with Crippen LogP contribution < -0.4 is 0 Å². The molecule has 0 saturated carbocycles. The van der Waals surface area contributed by atoms with Crippen molar-refractivity contribution in [1.82, 2.24) is 4.57 Å². The smallest absolute Gasteiger partial charge is 0.352 e. The molecule has 1 N–H and O–H groups in total. The Labute approximate surface area is 102 Å². The van der Waals surface area contributed by atoms with Crippen molar-refractivity contribution in [2.45, 2.75) is 12.5 Å². The van der Waals surface area contributed by atoms with Crippen molar-refractivity contribution < 1.29 is 18.7 Å². The lowest BCUT2D eigenvalue weighted by Gasteiger charge is -2.18. The van der Waals surface area contributed by atoms with Gasteiger partial charge in [0.15, 0.2) is 0 Å². The minimum absolute atomic E-state index is 0.130. The Balaban J connectivity index is 2.28. The SMILES string of the molecule is O=C(O)c1cccn1CC(F)(F)c1ccccc1. The van der Waals surface area contributed by atoms with Crippen molar-refractivity contribution in [3.63, 3.8) is 0 Å². The molecule has 0 radical (unpaired) electrons. The molecule has 0 bridgehead atoms. The fourth-order valence-electron chi connectivity index (χ4n) is 1.73. The Bertz CT molecular complexity index is 549. The zero-order valence-corrected chi connectivity index (χ0v) is 9.38. The third kappa shape index (κ3) is 2.40. The van der Waals surface area contributed by atoms with Gasteiger partial charge in [0.2, 0.25) is 0 Å². The number of carboxylic acid groups (broad SMARTS) is 1. The van der Waals surface area contributed by atoms with Gasteiger partial charge in [0.05, 0.1) is 6.54 Å². The van der Waals surface area contributed by atoms with Crippen LogP contribution in [0.3, 0.4) is 0 Å². The predicted octanol–water partition coefficient (Wildman–Crippen LogP) is 2.98. The Morgan fingerprint density at radius 3 is 2.44 bits per heavy atom. The average Bonchev–Trinajstić information content (AvgIpc) is 2.78. The van der Waals surface area contributed by atoms with Gasteiger partial charge in [0, 0.05) is 11.8 Å². The normalized spacial score (nSPS) is 11.4. The molecule has 1 heterocycles. The van der Waals surface area contributed by atoms with Crippen LogP contribution in [0, 0.1) is 0 Å². The molecular formula is C13H11F2NO2. The molecule has 3 nitrogen and oxygen atoms in total. The Morgan fingerprint density at radius 2 is 1.83 bits per heavy atom. The third-order valence-corrected chi connectivity index (χ3v) is 2.61. The monoisotopic (exact) mass is 251 g/mol. The summed E-state index contributed by atoms with van der Waals surface area (Å²) in [6.07, 6.45) is 1.33. The molecule has 5 heteroatoms. The molecule has 0 spiro atoms. The van der Waals surface area contributed by atoms with Crippen LogP contribution in [-0.2, 0) is 12.5 Å². The molecule has 0 amide bonds. The lowest BCUT2D eigenvalue weighted by Crippen LogP contribution is -2.23. The van der Waals surface area contributed by atoms with Crippen LogP contribution in [0.15, 0.2) is 48.7 Å². The summed E-state index contributed by atoms with van der Waals surface area (Å²) in [4.78, 5) is 10.8. The van der Waals surface area contributed by atoms with E-state index in [9.17, 15) is 13.6 Å². The van der Waals surface area contributed by atoms with Crippen LogP contribution in [0.5, 0.6) is 0 Å². The zero-order chi connectivity index (χ0) is 13.2. The van der Waals surface area contributed by atoms with Crippen molar-refractivity contribution in [3.05, 3.63) is 59.9 Å². The summed E-state index contributed by atoms with van der Waals surface area (Å²) in [5, 5.41) is 8.86. The van der Waals surface area contributed by atoms with E-state index < -0.39 is 18.4 Å². The number of alkyl halides is 2. The molecule has 0 fully saturated rings. The van der Waals surface area contributed by atoms with Gasteiger partial charge in [-0.15, -0.1) is 0 Å². The summed E-state index contributed by atoms with van der Waals surface area (Å²) in [5.74, 6) is -4.33. The topological polar surface area (TPSA) is 42.2 Å². The van der Waals surface area contributed by atoms with E-state index in [1.807, 2.05) is 0 Å². The number of rotatable bonds is 4. The van der Waals surface area contributed by atoms with Crippen LogP contribution >= 0.6 is 0 Å². The molecule has 0 saturated heterocycles. The van der Waals surface area contributed by atoms with Gasteiger partial charge in [0.25, 0.3) is 5.92 Å². The minimum Gasteiger partial charge on any atom is -0.477 e. The van der Waals surface area contributed by atoms with Crippen molar-refractivity contribution in [2.75, 3.05) is 0 Å². The molecule has 0 aliphatic heterocycles. The highest BCUT2D eigenvalue weighted by Gasteiger charge is 2.32. The lowest BCUT2D eigenvalue weighted by atomic mass is 10.1. The van der Waals surface area contributed by atoms with Gasteiger partial charge in [-0.05, 0) is 12.1 Å². The zero-order valence-electron chi connectivity index (χ0n) is 9.38. The summed E-state index contributed by atoms with van der Waals surface area (Å²) in [6, 6.07) is 10.1. The largest absolute Gasteiger partial charge is 0.477 e. The van der Waals surface area contributed by atoms with Crippen molar-refractivity contribution in [3.8, 4) is 0 Å². The number of aromatic nitrogens is 1. The third-order valence-electron chi connectivity index (χ3n) is 2.61. The molecule has 0 aliphatic rings. The Morgan fingerprint density at radius 1 is 1.17 bits per heavy atom. The van der Waals surface area contributed by atoms with E-state index in [0.29, 0.717) is 0 Å². The minimum atomic E-state index is -3.11. The van der Waals surface area contributed by atoms with Crippen LogP contribution in [0.25, 0.3) is 0 Å². The van der Waals surface area contributed by atoms with Gasteiger partial charge in [-0.25, -0.2) is 4.79 Å². The van der Waals surface area contributed by atoms with Gasteiger partial charge in [0.1, 0.15) is 5.69 Å². The molecule has 0 atom stereocenters. The first-order valence-corrected chi connectivity index (χ1v) is 5.32. The van der Waals surface area contributed by atoms with Gasteiger partial charge in [-0.1, -0.05) is 30.3 Å². The molecule has 1 aromatic heterocycles. The van der Waals surface area contributed by atoms with Crippen LogP contribution in [-0.4, -0.2) is 15.6 Å². The van der Waals surface area contributed by atoms with E-state index in [-0.39, 0.29) is 11.3 Å². The maximum atomic E-state index is 13.9. The van der Waals surface area contributed by atoms with E-state index in [2.05, 4.69) is 0 Å². The van der Waals surface area contributed by atoms with Crippen molar-refractivity contribution >= 4 is 5.97 Å². The first-order chi connectivity index (χ1) is 8.50. The summed E-state index contributed by atoms with van der Waals surface area (Å²) in [5.41, 5.74) is -0.277. The van der Waals surface area contributed by atoms with E-state index in [1.54, 1.807) is 6.07 Å². The van der Waals surface area contributed by atoms with Crippen molar-refractivity contribution in [2.24, 2.45) is 0 Å². The van der Waals surface area contributed by atoms with Gasteiger partial charge < -0.3 is 9.67 Å². The predicted molar refractivity (Wildman–Crippen MR) is 61.7 cm³/mol. The number of halogens is 2. The lowest BCUT2D eigenvalue weighted by molar-refractivity contribution is -0.0228. The second-order valence-corrected chi connectivity index (χ2v) is 3.90. The summed E-state index contributed by atoms with van der Waals surface area (Å²) in [6.45, 7) is -0.689. The number of carbonyl (C=O) groups is 1. The maximum Gasteiger partial charge on any atom is 0.352 e. The fraction of sp³-hybridized carbons (Fsp3) is 0.154. The molecule has 0 unspecified atom stereocenters. The van der Waals surface area contributed by atoms with Gasteiger partial charge >= 0.3 is 5.97 Å². The Hall–Kier alpha value is -2.17. The van der Waals surface area contributed by atoms with Gasteiger partial charge in [-0.2, -0.15) is 8.78 Å². The highest BCUT2D eigenvalue weighted by molar-refractivity contribution is 5.85. The molecule has 2 rings (SSSR count). The highest BCUT2D eigenvalue weighted by Crippen LogP contribution is 2.30.